The van der Waals surface area contributed by atoms with E-state index in [0.29, 0.717) is 6.10 Å². The van der Waals surface area contributed by atoms with Gasteiger partial charge in [-0.1, -0.05) is 348 Å². The number of hydrogen-bond donors (Lipinski definition) is 0. The summed E-state index contributed by atoms with van der Waals surface area (Å²) >= 11 is 0. The van der Waals surface area contributed by atoms with E-state index in [4.69, 9.17) is 14.2 Å². The number of ether oxygens (including phenoxy) is 3. The van der Waals surface area contributed by atoms with E-state index in [0.717, 1.165) is 40.4 Å². The molecule has 514 valence electrons. The Morgan fingerprint density at radius 2 is 0.628 bits per heavy atom. The second kappa shape index (κ2) is 38.6. The molecule has 3 nitrogen and oxygen atoms in total. The van der Waals surface area contributed by atoms with Crippen molar-refractivity contribution in [2.45, 2.75) is 231 Å². The largest absolute Gasteiger partial charge is 0.490 e. The molecule has 10 heteroatoms. The van der Waals surface area contributed by atoms with E-state index in [1.54, 1.807) is 27.4 Å². The predicted molar refractivity (Wildman–Crippen MR) is 450 cm³/mol. The Hall–Kier alpha value is -5.32. The third-order valence-corrected chi connectivity index (χ3v) is 50.3. The van der Waals surface area contributed by atoms with Crippen LogP contribution in [0.3, 0.4) is 0 Å². The summed E-state index contributed by atoms with van der Waals surface area (Å²) in [5.74, 6) is 2.81. The highest BCUT2D eigenvalue weighted by Crippen LogP contribution is 2.35. The van der Waals surface area contributed by atoms with Crippen molar-refractivity contribution in [2.75, 3.05) is 0 Å². The lowest BCUT2D eigenvalue weighted by molar-refractivity contribution is 0.105. The van der Waals surface area contributed by atoms with Crippen LogP contribution in [-0.2, 0) is 0 Å². The Kier molecular flexibility index (Phi) is 34.8. The molecule has 0 aromatic heterocycles. The van der Waals surface area contributed by atoms with E-state index >= 15 is 0 Å². The zero-order valence-electron chi connectivity index (χ0n) is 63.9. The second-order valence-corrected chi connectivity index (χ2v) is 72.7. The molecule has 0 N–H and O–H groups in total. The van der Waals surface area contributed by atoms with Gasteiger partial charge in [-0.25, -0.2) is 0 Å². The first-order valence-electron chi connectivity index (χ1n) is 34.8. The van der Waals surface area contributed by atoms with Crippen LogP contribution < -0.4 is 29.8 Å². The van der Waals surface area contributed by atoms with E-state index in [1.165, 1.54) is 59.6 Å². The summed E-state index contributed by atoms with van der Waals surface area (Å²) in [4.78, 5) is 0. The highest BCUT2D eigenvalue weighted by Gasteiger charge is 2.45. The van der Waals surface area contributed by atoms with E-state index in [9.17, 15) is 0 Å². The summed E-state index contributed by atoms with van der Waals surface area (Å²) < 4.78 is 17.4. The fourth-order valence-corrected chi connectivity index (χ4v) is 58.5. The molecule has 0 atom stereocenters. The third kappa shape index (κ3) is 35.6. The molecule has 0 aliphatic heterocycles. The molecule has 0 bridgehead atoms. The fourth-order valence-electron chi connectivity index (χ4n) is 12.3. The Morgan fingerprint density at radius 3 is 0.904 bits per heavy atom. The van der Waals surface area contributed by atoms with Gasteiger partial charge in [0.1, 0.15) is 28.5 Å². The summed E-state index contributed by atoms with van der Waals surface area (Å²) in [6.07, 6.45) is 19.1. The Labute approximate surface area is 585 Å². The predicted octanol–water partition coefficient (Wildman–Crippen LogP) is 25.1. The molecule has 0 amide bonds. The molecule has 0 unspecified atom stereocenters. The zero-order valence-corrected chi connectivity index (χ0v) is 70.9. The Morgan fingerprint density at radius 1 is 0.351 bits per heavy atom. The van der Waals surface area contributed by atoms with Gasteiger partial charge in [0, 0.05) is 32.3 Å². The highest BCUT2D eigenvalue weighted by atomic mass is 28.4. The molecule has 94 heavy (non-hydrogen) atoms. The van der Waals surface area contributed by atoms with Crippen LogP contribution in [0.4, 0.5) is 0 Å². The maximum absolute atomic E-state index is 5.92. The van der Waals surface area contributed by atoms with Gasteiger partial charge in [0.05, 0.1) is 30.3 Å². The minimum absolute atomic E-state index is 0.0876. The third-order valence-electron chi connectivity index (χ3n) is 16.1. The molecule has 7 rings (SSSR count). The van der Waals surface area contributed by atoms with Crippen molar-refractivity contribution in [2.24, 2.45) is 0 Å². The summed E-state index contributed by atoms with van der Waals surface area (Å²) in [6, 6.07) is 51.4. The number of benzene rings is 6. The second-order valence-electron chi connectivity index (χ2n) is 34.0. The minimum Gasteiger partial charge on any atom is -0.490 e. The standard InChI is InChI=1S/C20H40Si4.C14H18O.C14H24Si2.C13H18O.C12H16O.C11H16Si/c1-11-19-12-14-20(15-13-19)24(16-21(2,3)4,17-22(5,6)7)18-23(8,9)10;1-2-12-8-10-14(11-9-12)15-13-6-4-3-5-7-13;1-7-13-8-10-14(11-9-13)16(5,6)12-15(2,3)4;1-5-11-7-9-12(10-8-11)14-13(3,4)6-2;1-5-10-6-8-11(9-7-10)13-12(2,3)4;1-5-10-6-8-11(9-7-10)12(2,3)4/h11-15H,1,16-18H2,2-10H3;2,8-11,13H,1,3-7H2;7-11H,1,12H2,2-6H3;5,7-10H,1,6H2,2-4H3;5-9H,1H2,2-4H3;5-9H,1H2,2-4H3. The van der Waals surface area contributed by atoms with Crippen LogP contribution in [0.25, 0.3) is 36.5 Å². The van der Waals surface area contributed by atoms with Gasteiger partial charge in [0.15, 0.2) is 0 Å². The van der Waals surface area contributed by atoms with Crippen LogP contribution in [0.15, 0.2) is 185 Å². The summed E-state index contributed by atoms with van der Waals surface area (Å²) in [6.45, 7) is 77.8. The van der Waals surface area contributed by atoms with Gasteiger partial charge < -0.3 is 14.2 Å². The first-order chi connectivity index (χ1) is 43.4. The van der Waals surface area contributed by atoms with Gasteiger partial charge in [0.2, 0.25) is 0 Å². The molecule has 6 aromatic rings. The monoisotopic (exact) mass is 1380 g/mol. The molecule has 0 heterocycles. The van der Waals surface area contributed by atoms with E-state index in [1.807, 2.05) is 130 Å². The van der Waals surface area contributed by atoms with E-state index in [2.05, 4.69) is 244 Å². The molecule has 1 saturated carbocycles. The minimum atomic E-state index is -1.46. The molecule has 1 aliphatic rings. The lowest BCUT2D eigenvalue weighted by Crippen LogP contribution is -2.59. The Bertz CT molecular complexity index is 3120. The van der Waals surface area contributed by atoms with Crippen molar-refractivity contribution in [3.05, 3.63) is 218 Å². The van der Waals surface area contributed by atoms with Crippen LogP contribution in [-0.4, -0.2) is 73.8 Å². The first-order valence-corrected chi connectivity index (χ1v) is 59.0. The van der Waals surface area contributed by atoms with Crippen LogP contribution in [0.1, 0.15) is 113 Å². The van der Waals surface area contributed by atoms with Crippen LogP contribution >= 0.6 is 0 Å². The molecule has 0 radical (unpaired) electrons. The van der Waals surface area contributed by atoms with Crippen LogP contribution in [0, 0.1) is 0 Å². The first kappa shape index (κ1) is 84.8. The Balaban J connectivity index is 0.000000390. The summed E-state index contributed by atoms with van der Waals surface area (Å²) in [5.41, 5.74) is 13.0. The number of hydrogen-bond acceptors (Lipinski definition) is 3. The van der Waals surface area contributed by atoms with Gasteiger partial charge in [-0.2, -0.15) is 0 Å². The highest BCUT2D eigenvalue weighted by molar-refractivity contribution is 7.13. The summed E-state index contributed by atoms with van der Waals surface area (Å²) in [5, 5.41) is 4.83. The van der Waals surface area contributed by atoms with Crippen molar-refractivity contribution in [1.82, 2.24) is 0 Å². The molecule has 1 fully saturated rings. The zero-order chi connectivity index (χ0) is 71.4. The number of rotatable bonds is 23. The molecule has 0 saturated heterocycles. The van der Waals surface area contributed by atoms with Gasteiger partial charge in [-0.15, -0.1) is 0 Å². The SMILES string of the molecule is C=Cc1ccc(OC(C)(C)C)cc1.C=Cc1ccc(OC(C)(C)CC)cc1.C=Cc1ccc(OC2CCCCC2)cc1.C=Cc1ccc([Si](C)(C)C)cc1.C=Cc1ccc([Si](C)(C)C[Si](C)(C)C)cc1.C=Cc1ccc([Si](C[Si](C)(C)C)(C[Si](C)(C)C)C[Si](C)(C)C)cc1. The van der Waals surface area contributed by atoms with Gasteiger partial charge in [-0.3, -0.25) is 0 Å². The van der Waals surface area contributed by atoms with Crippen molar-refractivity contribution < 1.29 is 14.2 Å². The topological polar surface area (TPSA) is 27.7 Å². The quantitative estimate of drug-likeness (QED) is 0.0599. The fraction of sp³-hybridized carbons (Fsp3) is 0.429. The van der Waals surface area contributed by atoms with Crippen LogP contribution in [0.5, 0.6) is 17.2 Å². The van der Waals surface area contributed by atoms with Gasteiger partial charge in [-0.05, 0) is 137 Å². The molecular formula is C84H132O3Si7. The smallest absolute Gasteiger partial charge is 0.120 e. The maximum Gasteiger partial charge on any atom is 0.120 e. The normalized spacial score (nSPS) is 13.1. The van der Waals surface area contributed by atoms with Crippen molar-refractivity contribution in [3.8, 4) is 17.2 Å². The summed E-state index contributed by atoms with van der Waals surface area (Å²) in [7, 11) is -8.08. The molecular weight excluding hydrogens is 1250 g/mol. The van der Waals surface area contributed by atoms with Gasteiger partial charge >= 0.3 is 0 Å². The van der Waals surface area contributed by atoms with Gasteiger partial charge in [0.25, 0.3) is 0 Å². The van der Waals surface area contributed by atoms with Crippen molar-refractivity contribution in [1.29, 1.82) is 0 Å². The van der Waals surface area contributed by atoms with Crippen molar-refractivity contribution in [3.63, 3.8) is 0 Å². The van der Waals surface area contributed by atoms with Crippen molar-refractivity contribution >= 4 is 109 Å². The van der Waals surface area contributed by atoms with Crippen LogP contribution in [0.2, 0.25) is 134 Å². The molecule has 6 aromatic carbocycles. The molecule has 1 aliphatic carbocycles. The van der Waals surface area contributed by atoms with E-state index < -0.39 is 56.5 Å². The van der Waals surface area contributed by atoms with E-state index in [-0.39, 0.29) is 11.2 Å². The molecule has 0 spiro atoms. The lowest BCUT2D eigenvalue weighted by Gasteiger charge is -2.44. The maximum atomic E-state index is 5.92. The average molecular weight is 1390 g/mol. The average Bonchev–Trinajstić information content (AvgIpc) is 0.779. The lowest BCUT2D eigenvalue weighted by atomic mass is 9.98.